The molecule has 7 heteroatoms. The number of hydrogen-bond acceptors (Lipinski definition) is 4. The van der Waals surface area contributed by atoms with Gasteiger partial charge in [-0.1, -0.05) is 36.4 Å². The summed E-state index contributed by atoms with van der Waals surface area (Å²) in [5.74, 6) is -0.213. The third-order valence-corrected chi connectivity index (χ3v) is 7.33. The number of amides is 3. The quantitative estimate of drug-likeness (QED) is 0.752. The Balaban J connectivity index is 1.36. The molecule has 2 aromatic rings. The lowest BCUT2D eigenvalue weighted by Gasteiger charge is -2.31. The van der Waals surface area contributed by atoms with E-state index in [1.54, 1.807) is 24.8 Å². The second-order valence-electron chi connectivity index (χ2n) is 9.09. The minimum atomic E-state index is -1.03. The first-order chi connectivity index (χ1) is 14.8. The molecule has 1 aromatic carbocycles. The van der Waals surface area contributed by atoms with Crippen molar-refractivity contribution in [3.63, 3.8) is 0 Å². The Morgan fingerprint density at radius 1 is 1.10 bits per heavy atom. The Kier molecular flexibility index (Phi) is 5.88. The summed E-state index contributed by atoms with van der Waals surface area (Å²) in [6.45, 7) is 5.90. The molecule has 31 heavy (non-hydrogen) atoms. The number of nitrogens with zero attached hydrogens (tertiary/aromatic N) is 2. The Hall–Kier alpha value is -2.67. The van der Waals surface area contributed by atoms with Crippen LogP contribution in [0.1, 0.15) is 41.9 Å². The number of hydrogen-bond donors (Lipinski definition) is 1. The van der Waals surface area contributed by atoms with Gasteiger partial charge in [-0.2, -0.15) is 0 Å². The van der Waals surface area contributed by atoms with Crippen LogP contribution in [-0.4, -0.2) is 59.2 Å². The van der Waals surface area contributed by atoms with Gasteiger partial charge >= 0.3 is 0 Å². The molecule has 0 radical (unpaired) electrons. The van der Waals surface area contributed by atoms with Crippen molar-refractivity contribution < 1.29 is 14.4 Å². The summed E-state index contributed by atoms with van der Waals surface area (Å²) in [6.07, 6.45) is 2.31. The Bertz CT molecular complexity index is 958. The molecule has 1 N–H and O–H groups in total. The highest BCUT2D eigenvalue weighted by Crippen LogP contribution is 2.41. The monoisotopic (exact) mass is 439 g/mol. The van der Waals surface area contributed by atoms with E-state index in [0.717, 1.165) is 19.4 Å². The van der Waals surface area contributed by atoms with Crippen LogP contribution in [0, 0.1) is 5.41 Å². The molecular weight excluding hydrogens is 410 g/mol. The highest BCUT2D eigenvalue weighted by molar-refractivity contribution is 7.12. The molecule has 4 rings (SSSR count). The van der Waals surface area contributed by atoms with E-state index in [9.17, 15) is 14.4 Å². The molecule has 3 heterocycles. The highest BCUT2D eigenvalue weighted by atomic mass is 32.1. The smallest absolute Gasteiger partial charge is 0.262 e. The van der Waals surface area contributed by atoms with Crippen LogP contribution in [0.15, 0.2) is 47.8 Å². The zero-order valence-electron chi connectivity index (χ0n) is 18.1. The summed E-state index contributed by atoms with van der Waals surface area (Å²) in [5, 5.41) is 4.69. The summed E-state index contributed by atoms with van der Waals surface area (Å²) >= 11 is 1.35. The maximum atomic E-state index is 13.2. The van der Waals surface area contributed by atoms with Gasteiger partial charge in [0.1, 0.15) is 5.54 Å². The van der Waals surface area contributed by atoms with Crippen molar-refractivity contribution in [2.24, 2.45) is 5.41 Å². The van der Waals surface area contributed by atoms with Gasteiger partial charge in [0.25, 0.3) is 5.91 Å². The molecular formula is C24H29N3O3S. The molecule has 1 unspecified atom stereocenters. The van der Waals surface area contributed by atoms with E-state index in [1.807, 2.05) is 34.5 Å². The van der Waals surface area contributed by atoms with Crippen molar-refractivity contribution in [3.05, 3.63) is 58.3 Å². The Labute approximate surface area is 187 Å². The van der Waals surface area contributed by atoms with Crippen molar-refractivity contribution in [1.29, 1.82) is 0 Å². The van der Waals surface area contributed by atoms with E-state index in [0.29, 0.717) is 30.9 Å². The van der Waals surface area contributed by atoms with Gasteiger partial charge in [-0.25, -0.2) is 0 Å². The molecule has 0 saturated carbocycles. The van der Waals surface area contributed by atoms with Gasteiger partial charge in [0, 0.05) is 26.2 Å². The summed E-state index contributed by atoms with van der Waals surface area (Å²) in [5.41, 5.74) is -0.274. The van der Waals surface area contributed by atoms with Crippen LogP contribution in [0.2, 0.25) is 0 Å². The standard InChI is InChI=1S/C24H29N3O3S/c1-23(2,25-20(28)19-9-6-16-31-19)21(29)27-15-12-24(17-27)11-14-26(22(24)30)13-10-18-7-4-3-5-8-18/h3-9,16H,10-15,17H2,1-2H3,(H,25,28). The van der Waals surface area contributed by atoms with E-state index in [1.165, 1.54) is 16.9 Å². The fourth-order valence-electron chi connectivity index (χ4n) is 4.64. The van der Waals surface area contributed by atoms with E-state index in [4.69, 9.17) is 0 Å². The van der Waals surface area contributed by atoms with Gasteiger partial charge < -0.3 is 15.1 Å². The lowest BCUT2D eigenvalue weighted by molar-refractivity contribution is -0.138. The van der Waals surface area contributed by atoms with Gasteiger partial charge in [0.15, 0.2) is 0 Å². The first kappa shape index (κ1) is 21.6. The third kappa shape index (κ3) is 4.37. The fraction of sp³-hybridized carbons (Fsp3) is 0.458. The SMILES string of the molecule is CC(C)(NC(=O)c1cccs1)C(=O)N1CCC2(CCN(CCc3ccccc3)C2=O)C1. The van der Waals surface area contributed by atoms with Gasteiger partial charge in [0.05, 0.1) is 10.3 Å². The summed E-state index contributed by atoms with van der Waals surface area (Å²) in [6, 6.07) is 13.7. The molecule has 3 amide bonds. The van der Waals surface area contributed by atoms with Gasteiger partial charge in [-0.3, -0.25) is 14.4 Å². The predicted octanol–water partition coefficient (Wildman–Crippen LogP) is 2.95. The third-order valence-electron chi connectivity index (χ3n) is 6.46. The average molecular weight is 440 g/mol. The van der Waals surface area contributed by atoms with Crippen LogP contribution in [0.5, 0.6) is 0 Å². The molecule has 0 bridgehead atoms. The Morgan fingerprint density at radius 3 is 2.55 bits per heavy atom. The number of carbonyl (C=O) groups is 3. The molecule has 2 aliphatic heterocycles. The van der Waals surface area contributed by atoms with Crippen LogP contribution < -0.4 is 5.32 Å². The largest absolute Gasteiger partial charge is 0.342 e. The molecule has 0 aliphatic carbocycles. The number of rotatable bonds is 6. The van der Waals surface area contributed by atoms with Crippen LogP contribution >= 0.6 is 11.3 Å². The van der Waals surface area contributed by atoms with Crippen LogP contribution in [0.3, 0.4) is 0 Å². The summed E-state index contributed by atoms with van der Waals surface area (Å²) in [4.78, 5) is 43.2. The second-order valence-corrected chi connectivity index (χ2v) is 10.0. The van der Waals surface area contributed by atoms with Gasteiger partial charge in [0.2, 0.25) is 11.8 Å². The van der Waals surface area contributed by atoms with Crippen LogP contribution in [0.25, 0.3) is 0 Å². The number of likely N-dealkylation sites (tertiary alicyclic amines) is 2. The van der Waals surface area contributed by atoms with Crippen molar-refractivity contribution in [2.45, 2.75) is 38.6 Å². The molecule has 2 fully saturated rings. The van der Waals surface area contributed by atoms with Gasteiger partial charge in [-0.15, -0.1) is 11.3 Å². The average Bonchev–Trinajstić information content (AvgIpc) is 3.50. The maximum Gasteiger partial charge on any atom is 0.262 e. The maximum absolute atomic E-state index is 13.2. The molecule has 1 spiro atoms. The molecule has 6 nitrogen and oxygen atoms in total. The molecule has 1 aromatic heterocycles. The number of carbonyl (C=O) groups excluding carboxylic acids is 3. The zero-order valence-corrected chi connectivity index (χ0v) is 18.9. The molecule has 1 atom stereocenters. The van der Waals surface area contributed by atoms with Crippen molar-refractivity contribution in [2.75, 3.05) is 26.2 Å². The first-order valence-corrected chi connectivity index (χ1v) is 11.7. The summed E-state index contributed by atoms with van der Waals surface area (Å²) < 4.78 is 0. The number of thiophene rings is 1. The lowest BCUT2D eigenvalue weighted by Crippen LogP contribution is -2.55. The summed E-state index contributed by atoms with van der Waals surface area (Å²) in [7, 11) is 0. The molecule has 2 saturated heterocycles. The molecule has 2 aliphatic rings. The lowest BCUT2D eigenvalue weighted by atomic mass is 9.85. The molecule has 164 valence electrons. The van der Waals surface area contributed by atoms with Crippen LogP contribution in [-0.2, 0) is 16.0 Å². The van der Waals surface area contributed by atoms with Gasteiger partial charge in [-0.05, 0) is 50.1 Å². The van der Waals surface area contributed by atoms with Crippen molar-refractivity contribution >= 4 is 29.1 Å². The van der Waals surface area contributed by atoms with Crippen molar-refractivity contribution in [3.8, 4) is 0 Å². The van der Waals surface area contributed by atoms with E-state index < -0.39 is 11.0 Å². The van der Waals surface area contributed by atoms with E-state index >= 15 is 0 Å². The normalized spacial score (nSPS) is 21.2. The topological polar surface area (TPSA) is 69.7 Å². The minimum absolute atomic E-state index is 0.134. The van der Waals surface area contributed by atoms with E-state index in [-0.39, 0.29) is 17.7 Å². The number of benzene rings is 1. The number of nitrogens with one attached hydrogen (secondary N) is 1. The zero-order chi connectivity index (χ0) is 22.1. The van der Waals surface area contributed by atoms with Crippen molar-refractivity contribution in [1.82, 2.24) is 15.1 Å². The Morgan fingerprint density at radius 2 is 1.84 bits per heavy atom. The highest BCUT2D eigenvalue weighted by Gasteiger charge is 2.52. The minimum Gasteiger partial charge on any atom is -0.342 e. The fourth-order valence-corrected chi connectivity index (χ4v) is 5.26. The first-order valence-electron chi connectivity index (χ1n) is 10.8. The van der Waals surface area contributed by atoms with Crippen LogP contribution in [0.4, 0.5) is 0 Å². The van der Waals surface area contributed by atoms with E-state index in [2.05, 4.69) is 17.4 Å². The second kappa shape index (κ2) is 8.46. The predicted molar refractivity (Wildman–Crippen MR) is 121 cm³/mol.